The first-order chi connectivity index (χ1) is 14.0. The summed E-state index contributed by atoms with van der Waals surface area (Å²) in [6, 6.07) is 0.318. The minimum atomic E-state index is -1.97. The molecule has 0 spiro atoms. The molecule has 154 valence electrons. The summed E-state index contributed by atoms with van der Waals surface area (Å²) in [5, 5.41) is 12.9. The normalized spacial score (nSPS) is 19.0. The van der Waals surface area contributed by atoms with Gasteiger partial charge in [-0.2, -0.15) is 5.10 Å². The second kappa shape index (κ2) is 7.34. The van der Waals surface area contributed by atoms with E-state index in [9.17, 15) is 9.59 Å². The van der Waals surface area contributed by atoms with Crippen LogP contribution in [-0.4, -0.2) is 43.9 Å². The molecule has 0 bridgehead atoms. The van der Waals surface area contributed by atoms with E-state index >= 15 is 0 Å². The van der Waals surface area contributed by atoms with Gasteiger partial charge >= 0.3 is 0 Å². The second-order valence-corrected chi connectivity index (χ2v) is 7.59. The number of carbonyl (C=O) groups excluding carboxylic acids is 2. The fourth-order valence-electron chi connectivity index (χ4n) is 4.05. The van der Waals surface area contributed by atoms with E-state index in [2.05, 4.69) is 20.6 Å². The van der Waals surface area contributed by atoms with Crippen molar-refractivity contribution >= 4 is 34.2 Å². The molecule has 5 N–H and O–H groups in total. The Bertz CT molecular complexity index is 977. The van der Waals surface area contributed by atoms with Gasteiger partial charge in [-0.3, -0.25) is 9.59 Å². The van der Waals surface area contributed by atoms with Crippen molar-refractivity contribution in [2.24, 2.45) is 16.6 Å². The zero-order valence-electron chi connectivity index (χ0n) is 16.4. The summed E-state index contributed by atoms with van der Waals surface area (Å²) in [6.07, 6.45) is 9.03. The molecule has 4 rings (SSSR count). The van der Waals surface area contributed by atoms with E-state index in [0.29, 0.717) is 23.9 Å². The fourth-order valence-corrected chi connectivity index (χ4v) is 4.05. The minimum Gasteiger partial charge on any atom is -0.381 e. The van der Waals surface area contributed by atoms with Gasteiger partial charge in [0.05, 0.1) is 29.4 Å². The number of carbonyl (C=O) groups is 2. The highest BCUT2D eigenvalue weighted by Gasteiger charge is 2.51. The van der Waals surface area contributed by atoms with Crippen LogP contribution in [0.15, 0.2) is 17.5 Å². The van der Waals surface area contributed by atoms with Gasteiger partial charge < -0.3 is 21.6 Å². The summed E-state index contributed by atoms with van der Waals surface area (Å²) in [5.74, 6) is -1.92. The number of pyridine rings is 1. The molecule has 2 amide bonds. The summed E-state index contributed by atoms with van der Waals surface area (Å²) in [5.41, 5.74) is 11.4. The van der Waals surface area contributed by atoms with Crippen LogP contribution in [0.3, 0.4) is 0 Å². The molecule has 1 saturated carbocycles. The number of fused-ring (bicyclic) bond motifs is 1. The van der Waals surface area contributed by atoms with E-state index in [1.54, 1.807) is 12.4 Å². The predicted molar refractivity (Wildman–Crippen MR) is 107 cm³/mol. The number of nitrogens with two attached hydrogens (primary N) is 2. The number of rotatable bonds is 6. The average Bonchev–Trinajstić information content (AvgIpc) is 3.34. The average molecular weight is 399 g/mol. The number of primary amides is 2. The lowest BCUT2D eigenvalue weighted by Crippen LogP contribution is -2.54. The van der Waals surface area contributed by atoms with Gasteiger partial charge in [0, 0.05) is 24.3 Å². The van der Waals surface area contributed by atoms with Crippen molar-refractivity contribution in [2.75, 3.05) is 5.32 Å². The highest BCUT2D eigenvalue weighted by atomic mass is 16.7. The van der Waals surface area contributed by atoms with Gasteiger partial charge in [-0.05, 0) is 19.8 Å². The van der Waals surface area contributed by atoms with E-state index in [0.717, 1.165) is 29.6 Å². The molecule has 10 heteroatoms. The maximum absolute atomic E-state index is 11.9. The lowest BCUT2D eigenvalue weighted by molar-refractivity contribution is -0.153. The number of amides is 2. The lowest BCUT2D eigenvalue weighted by atomic mass is 9.91. The molecule has 0 aromatic carbocycles. The molecule has 1 aliphatic heterocycles. The molecule has 0 radical (unpaired) electrons. The van der Waals surface area contributed by atoms with Crippen LogP contribution in [0.1, 0.15) is 51.0 Å². The topological polar surface area (TPSA) is 151 Å². The fraction of sp³-hybridized carbons (Fsp3) is 0.526. The van der Waals surface area contributed by atoms with Gasteiger partial charge in [-0.15, -0.1) is 0 Å². The number of aromatic nitrogens is 3. The quantitative estimate of drug-likeness (QED) is 0.617. The van der Waals surface area contributed by atoms with E-state index in [-0.39, 0.29) is 6.42 Å². The van der Waals surface area contributed by atoms with Crippen LogP contribution in [0.4, 0.5) is 5.69 Å². The van der Waals surface area contributed by atoms with Crippen LogP contribution in [0.25, 0.3) is 11.0 Å². The molecule has 1 fully saturated rings. The Morgan fingerprint density at radius 2 is 1.97 bits per heavy atom. The summed E-state index contributed by atoms with van der Waals surface area (Å²) in [6.45, 7) is 2.69. The van der Waals surface area contributed by atoms with Crippen molar-refractivity contribution in [3.8, 4) is 0 Å². The second-order valence-electron chi connectivity index (χ2n) is 7.59. The largest absolute Gasteiger partial charge is 0.381 e. The van der Waals surface area contributed by atoms with E-state index in [4.69, 9.17) is 16.3 Å². The van der Waals surface area contributed by atoms with Crippen LogP contribution < -0.4 is 16.8 Å². The van der Waals surface area contributed by atoms with Gasteiger partial charge in [0.25, 0.3) is 17.4 Å². The maximum Gasteiger partial charge on any atom is 0.296 e. The Labute approximate surface area is 167 Å². The molecule has 29 heavy (non-hydrogen) atoms. The third kappa shape index (κ3) is 3.18. The zero-order chi connectivity index (χ0) is 20.6. The standard InChI is InChI=1S/C19H25N7O3/c1-2-26-16-13(10-23-26)15(24-11-6-4-3-5-7-11)12(9-22-16)14-8-19(17(20)27,18(21)28)29-25-14/h9-11H,2-8H2,1H3,(H2,20,27)(H2,21,28)(H,22,24). The number of oxime groups is 1. The Balaban J connectivity index is 1.76. The van der Waals surface area contributed by atoms with Gasteiger partial charge in [-0.25, -0.2) is 9.67 Å². The van der Waals surface area contributed by atoms with Crippen molar-refractivity contribution < 1.29 is 14.4 Å². The molecular formula is C19H25N7O3. The van der Waals surface area contributed by atoms with Crippen LogP contribution in [-0.2, 0) is 21.0 Å². The number of hydrogen-bond acceptors (Lipinski definition) is 7. The van der Waals surface area contributed by atoms with Crippen LogP contribution >= 0.6 is 0 Å². The molecule has 0 unspecified atom stereocenters. The number of nitrogens with one attached hydrogen (secondary N) is 1. The lowest BCUT2D eigenvalue weighted by Gasteiger charge is -2.25. The van der Waals surface area contributed by atoms with Crippen LogP contribution in [0.2, 0.25) is 0 Å². The highest BCUT2D eigenvalue weighted by molar-refractivity contribution is 6.18. The Morgan fingerprint density at radius 1 is 1.24 bits per heavy atom. The van der Waals surface area contributed by atoms with Crippen molar-refractivity contribution in [2.45, 2.75) is 63.6 Å². The number of aryl methyl sites for hydroxylation is 1. The van der Waals surface area contributed by atoms with Gasteiger partial charge in [0.15, 0.2) is 5.65 Å². The van der Waals surface area contributed by atoms with Crippen LogP contribution in [0.5, 0.6) is 0 Å². The van der Waals surface area contributed by atoms with Crippen molar-refractivity contribution in [1.82, 2.24) is 14.8 Å². The summed E-state index contributed by atoms with van der Waals surface area (Å²) >= 11 is 0. The Hall–Kier alpha value is -3.17. The van der Waals surface area contributed by atoms with E-state index in [1.807, 2.05) is 11.6 Å². The van der Waals surface area contributed by atoms with Crippen molar-refractivity contribution in [3.63, 3.8) is 0 Å². The summed E-state index contributed by atoms with van der Waals surface area (Å²) in [4.78, 5) is 33.5. The SMILES string of the molecule is CCn1ncc2c(NC3CCCCC3)c(C3=NOC(C(N)=O)(C(N)=O)C3)cnc21. The molecule has 2 aliphatic rings. The number of nitrogens with zero attached hydrogens (tertiary/aromatic N) is 4. The monoisotopic (exact) mass is 399 g/mol. The first kappa shape index (κ1) is 19.2. The highest BCUT2D eigenvalue weighted by Crippen LogP contribution is 2.34. The van der Waals surface area contributed by atoms with E-state index in [1.165, 1.54) is 19.3 Å². The molecule has 1 aliphatic carbocycles. The first-order valence-electron chi connectivity index (χ1n) is 9.92. The van der Waals surface area contributed by atoms with Gasteiger partial charge in [0.1, 0.15) is 0 Å². The smallest absolute Gasteiger partial charge is 0.296 e. The van der Waals surface area contributed by atoms with Crippen molar-refractivity contribution in [1.29, 1.82) is 0 Å². The van der Waals surface area contributed by atoms with Gasteiger partial charge in [-0.1, -0.05) is 24.4 Å². The molecule has 2 aromatic rings. The molecule has 0 saturated heterocycles. The Morgan fingerprint density at radius 3 is 2.59 bits per heavy atom. The van der Waals surface area contributed by atoms with E-state index < -0.39 is 17.4 Å². The summed E-state index contributed by atoms with van der Waals surface area (Å²) in [7, 11) is 0. The minimum absolute atomic E-state index is 0.133. The molecule has 3 heterocycles. The molecule has 2 aromatic heterocycles. The van der Waals surface area contributed by atoms with Crippen molar-refractivity contribution in [3.05, 3.63) is 18.0 Å². The third-order valence-electron chi connectivity index (χ3n) is 5.75. The number of hydrogen-bond donors (Lipinski definition) is 3. The zero-order valence-corrected chi connectivity index (χ0v) is 16.4. The van der Waals surface area contributed by atoms with Crippen LogP contribution in [0, 0.1) is 0 Å². The van der Waals surface area contributed by atoms with Gasteiger partial charge in [0.2, 0.25) is 0 Å². The maximum atomic E-state index is 11.9. The predicted octanol–water partition coefficient (Wildman–Crippen LogP) is 1.03. The molecule has 10 nitrogen and oxygen atoms in total. The Kier molecular flexibility index (Phi) is 4.85. The number of anilines is 1. The first-order valence-corrected chi connectivity index (χ1v) is 9.92. The third-order valence-corrected chi connectivity index (χ3v) is 5.75. The molecule has 0 atom stereocenters. The molecular weight excluding hydrogens is 374 g/mol. The summed E-state index contributed by atoms with van der Waals surface area (Å²) < 4.78 is 1.81.